The quantitative estimate of drug-likeness (QED) is 0.617. The number of nitrogens with one attached hydrogen (secondary N) is 2. The Bertz CT molecular complexity index is 692. The van der Waals surface area contributed by atoms with E-state index in [9.17, 15) is 4.79 Å². The van der Waals surface area contributed by atoms with Crippen molar-refractivity contribution < 1.29 is 4.79 Å². The van der Waals surface area contributed by atoms with Gasteiger partial charge in [0.05, 0.1) is 0 Å². The summed E-state index contributed by atoms with van der Waals surface area (Å²) in [6.45, 7) is 6.17. The number of aromatic amines is 1. The summed E-state index contributed by atoms with van der Waals surface area (Å²) >= 11 is 0. The lowest BCUT2D eigenvalue weighted by atomic mass is 10.1. The number of hydrogen-bond acceptors (Lipinski definition) is 1. The largest absolute Gasteiger partial charge is 0.361 e. The van der Waals surface area contributed by atoms with Crippen LogP contribution in [0.25, 0.3) is 10.9 Å². The number of carbonyl (C=O) groups excluding carboxylic acids is 1. The molecule has 0 fully saturated rings. The van der Waals surface area contributed by atoms with Gasteiger partial charge in [0.15, 0.2) is 0 Å². The van der Waals surface area contributed by atoms with Crippen LogP contribution in [0.15, 0.2) is 66.9 Å². The molecule has 0 saturated heterocycles. The van der Waals surface area contributed by atoms with Crippen LogP contribution < -0.4 is 5.32 Å². The van der Waals surface area contributed by atoms with Crippen molar-refractivity contribution in [2.75, 3.05) is 6.54 Å². The summed E-state index contributed by atoms with van der Waals surface area (Å²) in [4.78, 5) is 15.2. The van der Waals surface area contributed by atoms with Crippen LogP contribution in [-0.4, -0.2) is 17.4 Å². The Morgan fingerprint density at radius 1 is 1.38 bits per heavy atom. The van der Waals surface area contributed by atoms with Gasteiger partial charge in [0.2, 0.25) is 0 Å². The standard InChI is InChI=1S/C18H20N2O/c1-3-5-8-14(4-2)18(21)19-12-11-15-13-20-17-10-7-6-9-16(15)17/h3-10,13,20H,2,11-12H2,1H3,(H,19,21)/b5-3-,14-8+. The van der Waals surface area contributed by atoms with Crippen LogP contribution in [0.3, 0.4) is 0 Å². The number of carbonyl (C=O) groups is 1. The van der Waals surface area contributed by atoms with Crippen LogP contribution in [0.4, 0.5) is 0 Å². The van der Waals surface area contributed by atoms with Crippen molar-refractivity contribution in [3.05, 3.63) is 72.5 Å². The van der Waals surface area contributed by atoms with Gasteiger partial charge in [0, 0.05) is 29.2 Å². The van der Waals surface area contributed by atoms with Gasteiger partial charge in [0.25, 0.3) is 5.91 Å². The van der Waals surface area contributed by atoms with Gasteiger partial charge >= 0.3 is 0 Å². The number of para-hydroxylation sites is 1. The summed E-state index contributed by atoms with van der Waals surface area (Å²) in [5, 5.41) is 4.13. The highest BCUT2D eigenvalue weighted by atomic mass is 16.1. The molecule has 1 aromatic carbocycles. The Hall–Kier alpha value is -2.55. The average Bonchev–Trinajstić information content (AvgIpc) is 2.91. The molecule has 0 bridgehead atoms. The van der Waals surface area contributed by atoms with E-state index in [-0.39, 0.29) is 5.91 Å². The maximum Gasteiger partial charge on any atom is 0.251 e. The van der Waals surface area contributed by atoms with Gasteiger partial charge in [-0.2, -0.15) is 0 Å². The van der Waals surface area contributed by atoms with Crippen molar-refractivity contribution in [3.8, 4) is 0 Å². The molecule has 1 amide bonds. The Balaban J connectivity index is 1.95. The molecular weight excluding hydrogens is 260 g/mol. The Morgan fingerprint density at radius 2 is 2.19 bits per heavy atom. The van der Waals surface area contributed by atoms with E-state index >= 15 is 0 Å². The lowest BCUT2D eigenvalue weighted by Gasteiger charge is -2.05. The van der Waals surface area contributed by atoms with Crippen LogP contribution in [0.2, 0.25) is 0 Å². The zero-order valence-corrected chi connectivity index (χ0v) is 12.2. The molecule has 2 rings (SSSR count). The third kappa shape index (κ3) is 3.72. The first-order valence-electron chi connectivity index (χ1n) is 7.05. The molecule has 1 heterocycles. The molecule has 108 valence electrons. The number of rotatable bonds is 6. The highest BCUT2D eigenvalue weighted by Gasteiger charge is 2.06. The number of H-pyrrole nitrogens is 1. The van der Waals surface area contributed by atoms with Crippen molar-refractivity contribution in [3.63, 3.8) is 0 Å². The summed E-state index contributed by atoms with van der Waals surface area (Å²) in [5.41, 5.74) is 2.91. The Morgan fingerprint density at radius 3 is 2.95 bits per heavy atom. The van der Waals surface area contributed by atoms with Crippen LogP contribution in [0.1, 0.15) is 12.5 Å². The van der Waals surface area contributed by atoms with E-state index in [4.69, 9.17) is 0 Å². The van der Waals surface area contributed by atoms with E-state index in [2.05, 4.69) is 22.9 Å². The van der Waals surface area contributed by atoms with Crippen LogP contribution in [-0.2, 0) is 11.2 Å². The van der Waals surface area contributed by atoms with E-state index in [1.165, 1.54) is 10.9 Å². The zero-order valence-electron chi connectivity index (χ0n) is 12.2. The number of amides is 1. The predicted molar refractivity (Wildman–Crippen MR) is 88.1 cm³/mol. The summed E-state index contributed by atoms with van der Waals surface area (Å²) in [5.74, 6) is -0.0945. The van der Waals surface area contributed by atoms with E-state index in [1.807, 2.05) is 43.5 Å². The van der Waals surface area contributed by atoms with Crippen LogP contribution >= 0.6 is 0 Å². The van der Waals surface area contributed by atoms with Gasteiger partial charge in [-0.3, -0.25) is 4.79 Å². The first-order chi connectivity index (χ1) is 10.3. The summed E-state index contributed by atoms with van der Waals surface area (Å²) in [6, 6.07) is 8.16. The molecule has 3 nitrogen and oxygen atoms in total. The highest BCUT2D eigenvalue weighted by Crippen LogP contribution is 2.17. The van der Waals surface area contributed by atoms with Crippen LogP contribution in [0.5, 0.6) is 0 Å². The summed E-state index contributed by atoms with van der Waals surface area (Å²) in [7, 11) is 0. The minimum absolute atomic E-state index is 0.0945. The summed E-state index contributed by atoms with van der Waals surface area (Å²) in [6.07, 6.45) is 9.83. The fraction of sp³-hybridized carbons (Fsp3) is 0.167. The number of benzene rings is 1. The number of hydrogen-bond donors (Lipinski definition) is 2. The fourth-order valence-electron chi connectivity index (χ4n) is 2.19. The SMILES string of the molecule is C=C/C(=C\C=C/C)C(=O)NCCc1c[nH]c2ccccc12. The molecule has 0 spiro atoms. The number of fused-ring (bicyclic) bond motifs is 1. The molecule has 0 radical (unpaired) electrons. The predicted octanol–water partition coefficient (Wildman–Crippen LogP) is 3.52. The average molecular weight is 280 g/mol. The molecule has 0 unspecified atom stereocenters. The summed E-state index contributed by atoms with van der Waals surface area (Å²) < 4.78 is 0. The zero-order chi connectivity index (χ0) is 15.1. The second-order valence-electron chi connectivity index (χ2n) is 4.72. The monoisotopic (exact) mass is 280 g/mol. The first-order valence-corrected chi connectivity index (χ1v) is 7.05. The van der Waals surface area contributed by atoms with Gasteiger partial charge in [-0.1, -0.05) is 43.0 Å². The fourth-order valence-corrected chi connectivity index (χ4v) is 2.19. The van der Waals surface area contributed by atoms with E-state index in [1.54, 1.807) is 12.2 Å². The third-order valence-electron chi connectivity index (χ3n) is 3.31. The maximum absolute atomic E-state index is 12.0. The number of aromatic nitrogens is 1. The topological polar surface area (TPSA) is 44.9 Å². The van der Waals surface area contributed by atoms with E-state index in [0.29, 0.717) is 12.1 Å². The van der Waals surface area contributed by atoms with E-state index < -0.39 is 0 Å². The van der Waals surface area contributed by atoms with Crippen molar-refractivity contribution in [1.29, 1.82) is 0 Å². The molecule has 0 atom stereocenters. The van der Waals surface area contributed by atoms with Crippen molar-refractivity contribution >= 4 is 16.8 Å². The van der Waals surface area contributed by atoms with Crippen LogP contribution in [0, 0.1) is 0 Å². The minimum Gasteiger partial charge on any atom is -0.361 e. The van der Waals surface area contributed by atoms with Gasteiger partial charge in [-0.05, 0) is 31.1 Å². The molecule has 1 aromatic heterocycles. The molecule has 2 aromatic rings. The molecular formula is C18H20N2O. The normalized spacial score (nSPS) is 12.0. The first kappa shape index (κ1) is 14.9. The second kappa shape index (κ2) is 7.29. The minimum atomic E-state index is -0.0945. The molecule has 3 heteroatoms. The lowest BCUT2D eigenvalue weighted by Crippen LogP contribution is -2.26. The molecule has 21 heavy (non-hydrogen) atoms. The Kier molecular flexibility index (Phi) is 5.16. The number of allylic oxidation sites excluding steroid dienone is 3. The molecule has 2 N–H and O–H groups in total. The molecule has 0 aliphatic carbocycles. The van der Waals surface area contributed by atoms with E-state index in [0.717, 1.165) is 11.9 Å². The smallest absolute Gasteiger partial charge is 0.251 e. The highest BCUT2D eigenvalue weighted by molar-refractivity contribution is 5.96. The third-order valence-corrected chi connectivity index (χ3v) is 3.31. The lowest BCUT2D eigenvalue weighted by molar-refractivity contribution is -0.117. The van der Waals surface area contributed by atoms with Crippen molar-refractivity contribution in [1.82, 2.24) is 10.3 Å². The van der Waals surface area contributed by atoms with Gasteiger partial charge in [0.1, 0.15) is 0 Å². The molecule has 0 aliphatic heterocycles. The second-order valence-corrected chi connectivity index (χ2v) is 4.72. The van der Waals surface area contributed by atoms with Crippen molar-refractivity contribution in [2.45, 2.75) is 13.3 Å². The van der Waals surface area contributed by atoms with Gasteiger partial charge < -0.3 is 10.3 Å². The maximum atomic E-state index is 12.0. The van der Waals surface area contributed by atoms with Crippen molar-refractivity contribution in [2.24, 2.45) is 0 Å². The molecule has 0 aliphatic rings. The van der Waals surface area contributed by atoms with Gasteiger partial charge in [-0.25, -0.2) is 0 Å². The van der Waals surface area contributed by atoms with Gasteiger partial charge in [-0.15, -0.1) is 0 Å². The molecule has 0 saturated carbocycles. The Labute approximate surface area is 125 Å².